The number of carboxylic acid groups (broad SMARTS) is 1. The molecule has 3 nitrogen and oxygen atoms in total. The van der Waals surface area contributed by atoms with Gasteiger partial charge < -0.3 is 10.4 Å². The third-order valence-corrected chi connectivity index (χ3v) is 2.79. The zero-order chi connectivity index (χ0) is 8.43. The van der Waals surface area contributed by atoms with Crippen molar-refractivity contribution in [1.82, 2.24) is 5.32 Å². The lowest BCUT2D eigenvalue weighted by Crippen LogP contribution is -2.28. The fraction of sp³-hybridized carbons (Fsp3) is 0.571. The molecular formula is C7H11NO2S. The van der Waals surface area contributed by atoms with E-state index in [-0.39, 0.29) is 5.37 Å². The maximum Gasteiger partial charge on any atom is 0.352 e. The number of hydrogen-bond acceptors (Lipinski definition) is 3. The minimum atomic E-state index is -0.874. The predicted molar refractivity (Wildman–Crippen MR) is 45.1 cm³/mol. The van der Waals surface area contributed by atoms with E-state index in [1.54, 1.807) is 5.41 Å². The van der Waals surface area contributed by atoms with Gasteiger partial charge in [0.15, 0.2) is 0 Å². The standard InChI is InChI=1S/C7H11NO2S/c1-4(2)6-8-5(3-11-6)7(9)10/h3-4,6,8H,1-2H3,(H,9,10). The van der Waals surface area contributed by atoms with Gasteiger partial charge in [-0.2, -0.15) is 0 Å². The van der Waals surface area contributed by atoms with Crippen LogP contribution >= 0.6 is 11.8 Å². The number of rotatable bonds is 2. The maximum absolute atomic E-state index is 10.4. The summed E-state index contributed by atoms with van der Waals surface area (Å²) in [5.41, 5.74) is 0.314. The summed E-state index contributed by atoms with van der Waals surface area (Å²) < 4.78 is 0. The van der Waals surface area contributed by atoms with E-state index in [1.165, 1.54) is 11.8 Å². The van der Waals surface area contributed by atoms with Gasteiger partial charge in [0.2, 0.25) is 0 Å². The molecule has 0 saturated heterocycles. The van der Waals surface area contributed by atoms with Gasteiger partial charge in [0.25, 0.3) is 0 Å². The van der Waals surface area contributed by atoms with Crippen molar-refractivity contribution in [3.05, 3.63) is 11.1 Å². The van der Waals surface area contributed by atoms with Crippen molar-refractivity contribution in [3.8, 4) is 0 Å². The molecule has 1 aliphatic heterocycles. The number of thioether (sulfide) groups is 1. The number of aliphatic carboxylic acids is 1. The molecule has 0 aromatic rings. The van der Waals surface area contributed by atoms with Gasteiger partial charge in [-0.3, -0.25) is 0 Å². The average molecular weight is 173 g/mol. The lowest BCUT2D eigenvalue weighted by Gasteiger charge is -2.14. The van der Waals surface area contributed by atoms with Gasteiger partial charge in [0, 0.05) is 5.41 Å². The monoisotopic (exact) mass is 173 g/mol. The first-order valence-electron chi connectivity index (χ1n) is 3.46. The van der Waals surface area contributed by atoms with Crippen molar-refractivity contribution in [2.24, 2.45) is 5.92 Å². The molecule has 62 valence electrons. The molecule has 0 aromatic heterocycles. The van der Waals surface area contributed by atoms with Crippen LogP contribution < -0.4 is 5.32 Å². The Labute approximate surface area is 69.9 Å². The highest BCUT2D eigenvalue weighted by atomic mass is 32.2. The van der Waals surface area contributed by atoms with Crippen molar-refractivity contribution in [1.29, 1.82) is 0 Å². The van der Waals surface area contributed by atoms with E-state index in [2.05, 4.69) is 19.2 Å². The molecule has 0 aromatic carbocycles. The first-order chi connectivity index (χ1) is 5.11. The summed E-state index contributed by atoms with van der Waals surface area (Å²) in [6, 6.07) is 0. The van der Waals surface area contributed by atoms with Crippen LogP contribution in [0.1, 0.15) is 13.8 Å². The Kier molecular flexibility index (Phi) is 2.44. The van der Waals surface area contributed by atoms with E-state index in [0.29, 0.717) is 11.6 Å². The predicted octanol–water partition coefficient (Wildman–Crippen LogP) is 1.23. The van der Waals surface area contributed by atoms with Gasteiger partial charge in [0.1, 0.15) is 5.70 Å². The minimum Gasteiger partial charge on any atom is -0.477 e. The summed E-state index contributed by atoms with van der Waals surface area (Å²) in [6.07, 6.45) is 0. The molecule has 0 spiro atoms. The number of nitrogens with one attached hydrogen (secondary N) is 1. The van der Waals surface area contributed by atoms with Crippen LogP contribution in [0.3, 0.4) is 0 Å². The van der Waals surface area contributed by atoms with Crippen LogP contribution in [0.5, 0.6) is 0 Å². The smallest absolute Gasteiger partial charge is 0.352 e. The largest absolute Gasteiger partial charge is 0.477 e. The Morgan fingerprint density at radius 3 is 2.73 bits per heavy atom. The molecule has 0 aliphatic carbocycles. The molecular weight excluding hydrogens is 162 g/mol. The van der Waals surface area contributed by atoms with Gasteiger partial charge in [0.05, 0.1) is 5.37 Å². The molecule has 11 heavy (non-hydrogen) atoms. The maximum atomic E-state index is 10.4. The molecule has 1 heterocycles. The van der Waals surface area contributed by atoms with Gasteiger partial charge in [-0.1, -0.05) is 13.8 Å². The fourth-order valence-corrected chi connectivity index (χ4v) is 1.76. The van der Waals surface area contributed by atoms with E-state index < -0.39 is 5.97 Å². The fourth-order valence-electron chi connectivity index (χ4n) is 0.799. The van der Waals surface area contributed by atoms with Crippen molar-refractivity contribution < 1.29 is 9.90 Å². The molecule has 2 N–H and O–H groups in total. The Morgan fingerprint density at radius 2 is 2.45 bits per heavy atom. The van der Waals surface area contributed by atoms with Crippen molar-refractivity contribution >= 4 is 17.7 Å². The molecule has 0 radical (unpaired) electrons. The summed E-state index contributed by atoms with van der Waals surface area (Å²) in [7, 11) is 0. The number of carboxylic acids is 1. The summed E-state index contributed by atoms with van der Waals surface area (Å²) in [6.45, 7) is 4.12. The zero-order valence-corrected chi connectivity index (χ0v) is 7.31. The quantitative estimate of drug-likeness (QED) is 0.659. The molecule has 0 fully saturated rings. The highest BCUT2D eigenvalue weighted by Crippen LogP contribution is 2.25. The van der Waals surface area contributed by atoms with Crippen molar-refractivity contribution in [2.75, 3.05) is 0 Å². The van der Waals surface area contributed by atoms with Crippen LogP contribution in [0.15, 0.2) is 11.1 Å². The third-order valence-electron chi connectivity index (χ3n) is 1.47. The van der Waals surface area contributed by atoms with Crippen molar-refractivity contribution in [3.63, 3.8) is 0 Å². The second-order valence-electron chi connectivity index (χ2n) is 2.78. The van der Waals surface area contributed by atoms with Gasteiger partial charge in [-0.15, -0.1) is 11.8 Å². The van der Waals surface area contributed by atoms with E-state index in [9.17, 15) is 4.79 Å². The van der Waals surface area contributed by atoms with Crippen LogP contribution in [0.2, 0.25) is 0 Å². The van der Waals surface area contributed by atoms with E-state index in [1.807, 2.05) is 0 Å². The second kappa shape index (κ2) is 3.17. The Hall–Kier alpha value is -0.640. The topological polar surface area (TPSA) is 49.3 Å². The van der Waals surface area contributed by atoms with Crippen LogP contribution in [0, 0.1) is 5.92 Å². The molecule has 4 heteroatoms. The Bertz CT molecular complexity index is 201. The second-order valence-corrected chi connectivity index (χ2v) is 3.80. The minimum absolute atomic E-state index is 0.223. The summed E-state index contributed by atoms with van der Waals surface area (Å²) in [5, 5.41) is 13.4. The highest BCUT2D eigenvalue weighted by molar-refractivity contribution is 8.03. The van der Waals surface area contributed by atoms with Crippen LogP contribution in [0.25, 0.3) is 0 Å². The zero-order valence-electron chi connectivity index (χ0n) is 6.50. The summed E-state index contributed by atoms with van der Waals surface area (Å²) in [4.78, 5) is 10.4. The molecule has 0 bridgehead atoms. The Morgan fingerprint density at radius 1 is 1.82 bits per heavy atom. The van der Waals surface area contributed by atoms with Crippen LogP contribution in [-0.4, -0.2) is 16.4 Å². The molecule has 1 atom stereocenters. The van der Waals surface area contributed by atoms with Crippen molar-refractivity contribution in [2.45, 2.75) is 19.2 Å². The van der Waals surface area contributed by atoms with Crippen LogP contribution in [0.4, 0.5) is 0 Å². The lowest BCUT2D eigenvalue weighted by molar-refractivity contribution is -0.133. The van der Waals surface area contributed by atoms with Gasteiger partial charge in [-0.25, -0.2) is 4.79 Å². The average Bonchev–Trinajstić information content (AvgIpc) is 2.33. The van der Waals surface area contributed by atoms with Gasteiger partial charge >= 0.3 is 5.97 Å². The first kappa shape index (κ1) is 8.46. The van der Waals surface area contributed by atoms with E-state index >= 15 is 0 Å². The van der Waals surface area contributed by atoms with Crippen LogP contribution in [-0.2, 0) is 4.79 Å². The number of hydrogen-bond donors (Lipinski definition) is 2. The summed E-state index contributed by atoms with van der Waals surface area (Å²) in [5.74, 6) is -0.422. The SMILES string of the molecule is CC(C)C1NC(C(=O)O)=CS1. The molecule has 0 amide bonds. The van der Waals surface area contributed by atoms with E-state index in [4.69, 9.17) is 5.11 Å². The third kappa shape index (κ3) is 1.89. The summed E-state index contributed by atoms with van der Waals surface area (Å²) >= 11 is 1.53. The Balaban J connectivity index is 2.49. The molecule has 1 unspecified atom stereocenters. The first-order valence-corrected chi connectivity index (χ1v) is 4.41. The number of carbonyl (C=O) groups is 1. The van der Waals surface area contributed by atoms with E-state index in [0.717, 1.165) is 0 Å². The lowest BCUT2D eigenvalue weighted by atomic mass is 10.2. The normalized spacial score (nSPS) is 23.2. The molecule has 1 aliphatic rings. The molecule has 0 saturated carbocycles. The molecule has 1 rings (SSSR count). The van der Waals surface area contributed by atoms with Gasteiger partial charge in [-0.05, 0) is 5.92 Å². The highest BCUT2D eigenvalue weighted by Gasteiger charge is 2.22.